The molecule has 0 spiro atoms. The van der Waals surface area contributed by atoms with Crippen molar-refractivity contribution in [3.8, 4) is 5.75 Å². The van der Waals surface area contributed by atoms with Gasteiger partial charge in [-0.05, 0) is 31.0 Å². The van der Waals surface area contributed by atoms with E-state index in [0.29, 0.717) is 23.5 Å². The first-order valence-electron chi connectivity index (χ1n) is 6.68. The molecule has 0 N–H and O–H groups in total. The molecule has 114 valence electrons. The lowest BCUT2D eigenvalue weighted by molar-refractivity contribution is 0.0600. The van der Waals surface area contributed by atoms with Crippen molar-refractivity contribution in [3.05, 3.63) is 42.0 Å². The molecule has 0 heterocycles. The highest BCUT2D eigenvalue weighted by Gasteiger charge is 2.15. The summed E-state index contributed by atoms with van der Waals surface area (Å²) in [6.07, 6.45) is 3.48. The molecule has 0 bridgehead atoms. The Labute approximate surface area is 125 Å². The first kappa shape index (κ1) is 16.8. The summed E-state index contributed by atoms with van der Waals surface area (Å²) in [5.74, 6) is -0.219. The number of allylic oxidation sites excluding steroid dienone is 1. The number of esters is 1. The monoisotopic (exact) mass is 291 g/mol. The van der Waals surface area contributed by atoms with Crippen LogP contribution in [0.4, 0.5) is 0 Å². The first-order chi connectivity index (χ1) is 9.99. The molecule has 0 atom stereocenters. The summed E-state index contributed by atoms with van der Waals surface area (Å²) in [5, 5.41) is 0. The van der Waals surface area contributed by atoms with Gasteiger partial charge < -0.3 is 14.4 Å². The highest BCUT2D eigenvalue weighted by molar-refractivity contribution is 5.98. The molecule has 5 nitrogen and oxygen atoms in total. The van der Waals surface area contributed by atoms with Crippen LogP contribution in [0.3, 0.4) is 0 Å². The minimum Gasteiger partial charge on any atom is -0.494 e. The number of methoxy groups -OCH3 is 1. The third-order valence-electron chi connectivity index (χ3n) is 2.80. The van der Waals surface area contributed by atoms with Crippen LogP contribution in [0.1, 0.15) is 33.6 Å². The number of hydrogen-bond acceptors (Lipinski definition) is 4. The van der Waals surface area contributed by atoms with Crippen molar-refractivity contribution in [2.75, 3.05) is 27.8 Å². The molecular formula is C16H21NO4. The SMILES string of the molecule is C=CCCCOc1cc(C(=O)OC)cc(C(=O)N(C)C)c1. The molecule has 0 aromatic heterocycles. The molecular weight excluding hydrogens is 270 g/mol. The standard InChI is InChI=1S/C16H21NO4/c1-5-6-7-8-21-14-10-12(15(18)17(2)3)9-13(11-14)16(19)20-4/h5,9-11H,1,6-8H2,2-4H3. The van der Waals surface area contributed by atoms with Crippen LogP contribution in [0.15, 0.2) is 30.9 Å². The Bertz CT molecular complexity index is 523. The molecule has 5 heteroatoms. The van der Waals surface area contributed by atoms with Gasteiger partial charge in [0, 0.05) is 19.7 Å². The van der Waals surface area contributed by atoms with Crippen LogP contribution in [0.5, 0.6) is 5.75 Å². The summed E-state index contributed by atoms with van der Waals surface area (Å²) in [4.78, 5) is 25.2. The van der Waals surface area contributed by atoms with Crippen LogP contribution >= 0.6 is 0 Å². The van der Waals surface area contributed by atoms with Crippen LogP contribution in [0.25, 0.3) is 0 Å². The Hall–Kier alpha value is -2.30. The van der Waals surface area contributed by atoms with Crippen LogP contribution in [0, 0.1) is 0 Å². The van der Waals surface area contributed by atoms with Crippen molar-refractivity contribution in [2.24, 2.45) is 0 Å². The Morgan fingerprint density at radius 3 is 2.48 bits per heavy atom. The number of amides is 1. The highest BCUT2D eigenvalue weighted by atomic mass is 16.5. The largest absolute Gasteiger partial charge is 0.494 e. The zero-order valence-corrected chi connectivity index (χ0v) is 12.7. The number of benzene rings is 1. The molecule has 0 radical (unpaired) electrons. The lowest BCUT2D eigenvalue weighted by Crippen LogP contribution is -2.22. The van der Waals surface area contributed by atoms with Gasteiger partial charge in [0.15, 0.2) is 0 Å². The maximum atomic E-state index is 12.0. The van der Waals surface area contributed by atoms with E-state index in [1.807, 2.05) is 6.08 Å². The second-order valence-electron chi connectivity index (χ2n) is 4.72. The summed E-state index contributed by atoms with van der Waals surface area (Å²) < 4.78 is 10.3. The first-order valence-corrected chi connectivity index (χ1v) is 6.68. The topological polar surface area (TPSA) is 55.8 Å². The number of ether oxygens (including phenoxy) is 2. The number of unbranched alkanes of at least 4 members (excludes halogenated alkanes) is 1. The summed E-state index contributed by atoms with van der Waals surface area (Å²) in [5.41, 5.74) is 0.686. The molecule has 0 aliphatic rings. The minimum absolute atomic E-state index is 0.198. The minimum atomic E-state index is -0.501. The average Bonchev–Trinajstić information content (AvgIpc) is 2.49. The fourth-order valence-electron chi connectivity index (χ4n) is 1.72. The molecule has 21 heavy (non-hydrogen) atoms. The van der Waals surface area contributed by atoms with Crippen LogP contribution < -0.4 is 4.74 Å². The molecule has 0 unspecified atom stereocenters. The van der Waals surface area contributed by atoms with Gasteiger partial charge in [-0.1, -0.05) is 6.08 Å². The summed E-state index contributed by atoms with van der Waals surface area (Å²) in [7, 11) is 4.60. The predicted octanol–water partition coefficient (Wildman–Crippen LogP) is 2.52. The summed E-state index contributed by atoms with van der Waals surface area (Å²) in [6, 6.07) is 4.71. The van der Waals surface area contributed by atoms with E-state index in [1.54, 1.807) is 26.2 Å². The van der Waals surface area contributed by atoms with Crippen LogP contribution in [0.2, 0.25) is 0 Å². The van der Waals surface area contributed by atoms with Crippen molar-refractivity contribution in [2.45, 2.75) is 12.8 Å². The molecule has 0 fully saturated rings. The second-order valence-corrected chi connectivity index (χ2v) is 4.72. The van der Waals surface area contributed by atoms with E-state index in [1.165, 1.54) is 18.1 Å². The Kier molecular flexibility index (Phi) is 6.46. The van der Waals surface area contributed by atoms with Gasteiger partial charge in [-0.25, -0.2) is 4.79 Å². The smallest absolute Gasteiger partial charge is 0.338 e. The van der Waals surface area contributed by atoms with Gasteiger partial charge >= 0.3 is 5.97 Å². The maximum absolute atomic E-state index is 12.0. The van der Waals surface area contributed by atoms with E-state index in [2.05, 4.69) is 6.58 Å². The molecule has 0 saturated carbocycles. The van der Waals surface area contributed by atoms with Crippen molar-refractivity contribution in [1.29, 1.82) is 0 Å². The Balaban J connectivity index is 3.00. The predicted molar refractivity (Wildman–Crippen MR) is 80.7 cm³/mol. The normalized spacial score (nSPS) is 9.86. The van der Waals surface area contributed by atoms with Gasteiger partial charge in [0.25, 0.3) is 5.91 Å². The maximum Gasteiger partial charge on any atom is 0.338 e. The number of nitrogens with zero attached hydrogens (tertiary/aromatic N) is 1. The zero-order valence-electron chi connectivity index (χ0n) is 12.7. The molecule has 0 aliphatic carbocycles. The van der Waals surface area contributed by atoms with Crippen LogP contribution in [-0.2, 0) is 4.74 Å². The van der Waals surface area contributed by atoms with Gasteiger partial charge in [-0.15, -0.1) is 6.58 Å². The number of hydrogen-bond donors (Lipinski definition) is 0. The number of rotatable bonds is 7. The average molecular weight is 291 g/mol. The lowest BCUT2D eigenvalue weighted by Gasteiger charge is -2.13. The van der Waals surface area contributed by atoms with Crippen molar-refractivity contribution < 1.29 is 19.1 Å². The summed E-state index contributed by atoms with van der Waals surface area (Å²) in [6.45, 7) is 4.14. The van der Waals surface area contributed by atoms with E-state index in [0.717, 1.165) is 12.8 Å². The Morgan fingerprint density at radius 2 is 1.90 bits per heavy atom. The number of carbonyl (C=O) groups is 2. The molecule has 1 aromatic rings. The zero-order chi connectivity index (χ0) is 15.8. The van der Waals surface area contributed by atoms with Gasteiger partial charge in [-0.2, -0.15) is 0 Å². The molecule has 0 aliphatic heterocycles. The van der Waals surface area contributed by atoms with Gasteiger partial charge in [0.1, 0.15) is 5.75 Å². The molecule has 1 rings (SSSR count). The van der Waals surface area contributed by atoms with Crippen LogP contribution in [-0.4, -0.2) is 44.6 Å². The summed E-state index contributed by atoms with van der Waals surface area (Å²) >= 11 is 0. The van der Waals surface area contributed by atoms with E-state index in [9.17, 15) is 9.59 Å². The third-order valence-corrected chi connectivity index (χ3v) is 2.80. The fourth-order valence-corrected chi connectivity index (χ4v) is 1.72. The fraction of sp³-hybridized carbons (Fsp3) is 0.375. The third kappa shape index (κ3) is 4.95. The molecule has 1 amide bonds. The second kappa shape index (κ2) is 8.09. The Morgan fingerprint density at radius 1 is 1.24 bits per heavy atom. The van der Waals surface area contributed by atoms with Crippen molar-refractivity contribution >= 4 is 11.9 Å². The number of carbonyl (C=O) groups excluding carboxylic acids is 2. The van der Waals surface area contributed by atoms with Gasteiger partial charge in [0.2, 0.25) is 0 Å². The quantitative estimate of drug-likeness (QED) is 0.440. The molecule has 0 saturated heterocycles. The highest BCUT2D eigenvalue weighted by Crippen LogP contribution is 2.19. The van der Waals surface area contributed by atoms with E-state index < -0.39 is 5.97 Å². The van der Waals surface area contributed by atoms with Gasteiger partial charge in [0.05, 0.1) is 19.3 Å². The van der Waals surface area contributed by atoms with Crippen molar-refractivity contribution in [3.63, 3.8) is 0 Å². The molecule has 1 aromatic carbocycles. The van der Waals surface area contributed by atoms with E-state index >= 15 is 0 Å². The van der Waals surface area contributed by atoms with Gasteiger partial charge in [-0.3, -0.25) is 4.79 Å². The van der Waals surface area contributed by atoms with E-state index in [4.69, 9.17) is 9.47 Å². The van der Waals surface area contributed by atoms with E-state index in [-0.39, 0.29) is 5.91 Å². The lowest BCUT2D eigenvalue weighted by atomic mass is 10.1. The van der Waals surface area contributed by atoms with Crippen molar-refractivity contribution in [1.82, 2.24) is 4.90 Å².